The average molecular weight is 330 g/mol. The Balaban J connectivity index is 2.03. The van der Waals surface area contributed by atoms with Gasteiger partial charge in [-0.2, -0.15) is 4.57 Å². The zero-order valence-corrected chi connectivity index (χ0v) is 15.3. The van der Waals surface area contributed by atoms with E-state index in [1.807, 2.05) is 0 Å². The Bertz CT molecular complexity index is 974. The molecule has 0 saturated heterocycles. The minimum Gasteiger partial charge on any atom is -0.359 e. The second-order valence-corrected chi connectivity index (χ2v) is 6.81. The number of pyridine rings is 1. The van der Waals surface area contributed by atoms with Crippen molar-refractivity contribution in [3.63, 3.8) is 0 Å². The molecule has 0 radical (unpaired) electrons. The fraction of sp³-hybridized carbons (Fsp3) is 0.227. The number of aryl methyl sites for hydroxylation is 1. The number of nitrogens with zero attached hydrogens (tertiary/aromatic N) is 3. The number of anilines is 1. The molecule has 25 heavy (non-hydrogen) atoms. The van der Waals surface area contributed by atoms with Crippen LogP contribution in [0, 0.1) is 13.8 Å². The average Bonchev–Trinajstić information content (AvgIpc) is 2.95. The summed E-state index contributed by atoms with van der Waals surface area (Å²) in [6.45, 7) is 6.62. The van der Waals surface area contributed by atoms with Crippen LogP contribution in [0.25, 0.3) is 16.5 Å². The molecule has 0 aliphatic carbocycles. The van der Waals surface area contributed by atoms with Gasteiger partial charge in [0.15, 0.2) is 11.9 Å². The molecule has 3 aromatic rings. The third-order valence-electron chi connectivity index (χ3n) is 5.28. The van der Waals surface area contributed by atoms with E-state index in [1.54, 1.807) is 0 Å². The van der Waals surface area contributed by atoms with Gasteiger partial charge >= 0.3 is 0 Å². The van der Waals surface area contributed by atoms with Gasteiger partial charge < -0.3 is 9.80 Å². The van der Waals surface area contributed by atoms with E-state index in [0.29, 0.717) is 6.17 Å². The van der Waals surface area contributed by atoms with Crippen molar-refractivity contribution < 1.29 is 4.57 Å². The molecule has 0 amide bonds. The van der Waals surface area contributed by atoms with E-state index < -0.39 is 0 Å². The summed E-state index contributed by atoms with van der Waals surface area (Å²) < 4.78 is 2.30. The molecule has 0 N–H and O–H groups in total. The van der Waals surface area contributed by atoms with Gasteiger partial charge in [-0.25, -0.2) is 0 Å². The molecule has 0 fully saturated rings. The van der Waals surface area contributed by atoms with Gasteiger partial charge in [-0.05, 0) is 31.4 Å². The van der Waals surface area contributed by atoms with Gasteiger partial charge in [-0.15, -0.1) is 0 Å². The van der Waals surface area contributed by atoms with E-state index in [9.17, 15) is 0 Å². The fourth-order valence-corrected chi connectivity index (χ4v) is 3.68. The van der Waals surface area contributed by atoms with Gasteiger partial charge in [0, 0.05) is 44.1 Å². The van der Waals surface area contributed by atoms with Crippen LogP contribution in [0.4, 0.5) is 5.69 Å². The molecule has 3 heteroatoms. The maximum Gasteiger partial charge on any atom is 0.223 e. The second kappa shape index (κ2) is 5.92. The lowest BCUT2D eigenvalue weighted by molar-refractivity contribution is -0.601. The molecule has 3 nitrogen and oxygen atoms in total. The summed E-state index contributed by atoms with van der Waals surface area (Å²) in [6.07, 6.45) is 6.78. The first-order valence-corrected chi connectivity index (χ1v) is 8.76. The van der Waals surface area contributed by atoms with Crippen molar-refractivity contribution in [3.8, 4) is 5.69 Å². The highest BCUT2D eigenvalue weighted by Crippen LogP contribution is 2.34. The Labute approximate surface area is 149 Å². The Morgan fingerprint density at radius 2 is 1.72 bits per heavy atom. The van der Waals surface area contributed by atoms with Gasteiger partial charge in [0.2, 0.25) is 5.69 Å². The molecule has 2 aromatic carbocycles. The lowest BCUT2D eigenvalue weighted by Gasteiger charge is -2.28. The normalized spacial score (nSPS) is 16.9. The third kappa shape index (κ3) is 2.47. The molecule has 1 aliphatic rings. The van der Waals surface area contributed by atoms with E-state index in [-0.39, 0.29) is 0 Å². The number of hydrogen-bond donors (Lipinski definition) is 0. The molecule has 0 unspecified atom stereocenters. The first-order chi connectivity index (χ1) is 12.1. The van der Waals surface area contributed by atoms with Gasteiger partial charge in [-0.3, -0.25) is 0 Å². The van der Waals surface area contributed by atoms with Crippen molar-refractivity contribution in [1.29, 1.82) is 0 Å². The minimum absolute atomic E-state index is 0.314. The van der Waals surface area contributed by atoms with Gasteiger partial charge in [-0.1, -0.05) is 24.3 Å². The Morgan fingerprint density at radius 3 is 2.44 bits per heavy atom. The van der Waals surface area contributed by atoms with Crippen LogP contribution in [-0.4, -0.2) is 18.1 Å². The van der Waals surface area contributed by atoms with Gasteiger partial charge in [0.25, 0.3) is 0 Å². The number of fused-ring (bicyclic) bond motifs is 1. The largest absolute Gasteiger partial charge is 0.359 e. The summed E-state index contributed by atoms with van der Waals surface area (Å²) in [5.41, 5.74) is 5.05. The van der Waals surface area contributed by atoms with E-state index in [4.69, 9.17) is 0 Å². The van der Waals surface area contributed by atoms with Crippen molar-refractivity contribution in [1.82, 2.24) is 4.90 Å². The minimum atomic E-state index is 0.314. The quantitative estimate of drug-likeness (QED) is 0.649. The molecule has 0 saturated carbocycles. The van der Waals surface area contributed by atoms with E-state index in [0.717, 1.165) is 0 Å². The summed E-state index contributed by atoms with van der Waals surface area (Å²) in [4.78, 5) is 4.58. The molecule has 1 aromatic heterocycles. The zero-order chi connectivity index (χ0) is 17.6. The predicted octanol–water partition coefficient (Wildman–Crippen LogP) is 4.30. The van der Waals surface area contributed by atoms with Crippen molar-refractivity contribution in [2.75, 3.05) is 11.9 Å². The maximum atomic E-state index is 2.35. The lowest BCUT2D eigenvalue weighted by atomic mass is 10.0. The number of benzene rings is 2. The van der Waals surface area contributed by atoms with E-state index >= 15 is 0 Å². The summed E-state index contributed by atoms with van der Waals surface area (Å²) in [5, 5.41) is 2.55. The molecule has 1 aliphatic heterocycles. The number of hydrogen-bond acceptors (Lipinski definition) is 2. The molecular formula is C22H24N3+. The molecule has 1 atom stereocenters. The molecule has 2 heterocycles. The topological polar surface area (TPSA) is 10.4 Å². The highest BCUT2D eigenvalue weighted by molar-refractivity contribution is 5.94. The van der Waals surface area contributed by atoms with Gasteiger partial charge in [0.1, 0.15) is 6.17 Å². The number of aromatic nitrogens is 1. The monoisotopic (exact) mass is 330 g/mol. The SMILES string of the molecule is Cc1c(N2C=CN(C)[C@H]2C)cc2ccccc2c1-[n+]1ccccc1C. The van der Waals surface area contributed by atoms with Crippen LogP contribution >= 0.6 is 0 Å². The fourth-order valence-electron chi connectivity index (χ4n) is 3.68. The third-order valence-corrected chi connectivity index (χ3v) is 5.28. The maximum absolute atomic E-state index is 2.35. The van der Waals surface area contributed by atoms with Crippen molar-refractivity contribution in [3.05, 3.63) is 78.4 Å². The van der Waals surface area contributed by atoms with Gasteiger partial charge in [0.05, 0.1) is 11.1 Å². The molecule has 126 valence electrons. The first kappa shape index (κ1) is 15.7. The van der Waals surface area contributed by atoms with Crippen LogP contribution < -0.4 is 9.47 Å². The standard InChI is InChI=1S/C22H24N3/c1-16-9-7-8-12-24(16)22-17(2)21(25-14-13-23(4)18(25)3)15-19-10-5-6-11-20(19)22/h5-15,18H,1-4H3/q+1/t18-/m1/s1. The zero-order valence-electron chi connectivity index (χ0n) is 15.3. The van der Waals surface area contributed by atoms with Crippen molar-refractivity contribution >= 4 is 16.5 Å². The number of rotatable bonds is 2. The van der Waals surface area contributed by atoms with Crippen LogP contribution in [-0.2, 0) is 0 Å². The highest BCUT2D eigenvalue weighted by atomic mass is 15.4. The van der Waals surface area contributed by atoms with Crippen LogP contribution in [0.1, 0.15) is 18.2 Å². The Kier molecular flexibility index (Phi) is 3.72. The Hall–Kier alpha value is -2.81. The second-order valence-electron chi connectivity index (χ2n) is 6.81. The van der Waals surface area contributed by atoms with E-state index in [2.05, 4.69) is 109 Å². The first-order valence-electron chi connectivity index (χ1n) is 8.76. The predicted molar refractivity (Wildman–Crippen MR) is 104 cm³/mol. The highest BCUT2D eigenvalue weighted by Gasteiger charge is 2.26. The van der Waals surface area contributed by atoms with E-state index in [1.165, 1.54) is 33.4 Å². The summed E-state index contributed by atoms with van der Waals surface area (Å²) in [6, 6.07) is 17.3. The van der Waals surface area contributed by atoms with Crippen LogP contribution in [0.2, 0.25) is 0 Å². The molecule has 0 bridgehead atoms. The van der Waals surface area contributed by atoms with Crippen molar-refractivity contribution in [2.24, 2.45) is 0 Å². The lowest BCUT2D eigenvalue weighted by Crippen LogP contribution is -2.37. The summed E-state index contributed by atoms with van der Waals surface area (Å²) in [7, 11) is 2.12. The molecule has 4 rings (SSSR count). The van der Waals surface area contributed by atoms with Crippen molar-refractivity contribution in [2.45, 2.75) is 26.9 Å². The molecule has 0 spiro atoms. The summed E-state index contributed by atoms with van der Waals surface area (Å²) in [5.74, 6) is 0. The summed E-state index contributed by atoms with van der Waals surface area (Å²) >= 11 is 0. The smallest absolute Gasteiger partial charge is 0.223 e. The van der Waals surface area contributed by atoms with Crippen LogP contribution in [0.5, 0.6) is 0 Å². The Morgan fingerprint density at radius 1 is 0.960 bits per heavy atom. The van der Waals surface area contributed by atoms with Crippen LogP contribution in [0.15, 0.2) is 67.1 Å². The molecular weight excluding hydrogens is 306 g/mol. The van der Waals surface area contributed by atoms with Crippen LogP contribution in [0.3, 0.4) is 0 Å².